The minimum Gasteiger partial charge on any atom is -0.312 e. The number of rotatable bonds is 6. The summed E-state index contributed by atoms with van der Waals surface area (Å²) in [7, 11) is -3.49. The summed E-state index contributed by atoms with van der Waals surface area (Å²) in [6.45, 7) is 11.0. The van der Waals surface area contributed by atoms with Crippen LogP contribution in [0.2, 0.25) is 0 Å². The van der Waals surface area contributed by atoms with Gasteiger partial charge in [0, 0.05) is 25.1 Å². The monoisotopic (exact) mass is 377 g/mol. The van der Waals surface area contributed by atoms with Gasteiger partial charge in [0.15, 0.2) is 6.67 Å². The van der Waals surface area contributed by atoms with Crippen LogP contribution < -0.4 is 4.90 Å². The van der Waals surface area contributed by atoms with E-state index in [2.05, 4.69) is 29.4 Å². The van der Waals surface area contributed by atoms with Crippen molar-refractivity contribution in [2.75, 3.05) is 19.6 Å². The van der Waals surface area contributed by atoms with Gasteiger partial charge in [-0.25, -0.2) is 13.1 Å². The summed E-state index contributed by atoms with van der Waals surface area (Å²) in [4.78, 5) is 1.78. The standard InChI is InChI=1S/C19H28N4O2S/c1-5-22(6-2)26(24,25)19-15(3)20-23(16(19)4)14-21-12-11-17-9-7-8-10-18(17)13-21/h7-10H,5-6,11-14H2,1-4H3/p+1. The number of sulfonamides is 1. The molecule has 7 heteroatoms. The Morgan fingerprint density at radius 3 is 2.46 bits per heavy atom. The maximum atomic E-state index is 13.0. The van der Waals surface area contributed by atoms with Gasteiger partial charge in [-0.05, 0) is 19.4 Å². The zero-order chi connectivity index (χ0) is 18.9. The molecule has 0 bridgehead atoms. The van der Waals surface area contributed by atoms with Gasteiger partial charge in [0.25, 0.3) is 0 Å². The number of fused-ring (bicyclic) bond motifs is 1. The Morgan fingerprint density at radius 1 is 1.15 bits per heavy atom. The Morgan fingerprint density at radius 2 is 1.81 bits per heavy atom. The van der Waals surface area contributed by atoms with Crippen LogP contribution in [0.3, 0.4) is 0 Å². The molecule has 0 spiro atoms. The molecule has 0 aliphatic carbocycles. The van der Waals surface area contributed by atoms with Gasteiger partial charge in [-0.3, -0.25) is 0 Å². The van der Waals surface area contributed by atoms with Crippen molar-refractivity contribution in [3.8, 4) is 0 Å². The first-order valence-corrected chi connectivity index (χ1v) is 10.8. The first-order chi connectivity index (χ1) is 12.4. The average molecular weight is 378 g/mol. The molecule has 1 atom stereocenters. The molecule has 142 valence electrons. The van der Waals surface area contributed by atoms with E-state index in [-0.39, 0.29) is 0 Å². The third-order valence-corrected chi connectivity index (χ3v) is 7.60. The third-order valence-electron chi connectivity index (χ3n) is 5.30. The fourth-order valence-electron chi connectivity index (χ4n) is 3.89. The Labute approximate surface area is 156 Å². The normalized spacial score (nSPS) is 17.5. The van der Waals surface area contributed by atoms with Crippen LogP contribution in [0, 0.1) is 13.8 Å². The van der Waals surface area contributed by atoms with Crippen LogP contribution in [0.5, 0.6) is 0 Å². The number of aromatic nitrogens is 2. The van der Waals surface area contributed by atoms with Crippen LogP contribution >= 0.6 is 0 Å². The van der Waals surface area contributed by atoms with Gasteiger partial charge >= 0.3 is 0 Å². The first-order valence-electron chi connectivity index (χ1n) is 9.33. The molecular formula is C19H29N4O2S+. The largest absolute Gasteiger partial charge is 0.312 e. The Bertz CT molecular complexity index is 885. The highest BCUT2D eigenvalue weighted by molar-refractivity contribution is 7.89. The van der Waals surface area contributed by atoms with Gasteiger partial charge in [0.2, 0.25) is 10.0 Å². The number of hydrogen-bond donors (Lipinski definition) is 1. The Hall–Kier alpha value is -1.70. The topological polar surface area (TPSA) is 59.6 Å². The predicted molar refractivity (Wildman–Crippen MR) is 101 cm³/mol. The number of quaternary nitrogens is 1. The molecule has 1 aliphatic heterocycles. The van der Waals surface area contributed by atoms with Crippen molar-refractivity contribution < 1.29 is 13.3 Å². The van der Waals surface area contributed by atoms with Crippen molar-refractivity contribution in [3.05, 3.63) is 46.8 Å². The maximum Gasteiger partial charge on any atom is 0.246 e. The minimum absolute atomic E-state index is 0.373. The highest BCUT2D eigenvalue weighted by atomic mass is 32.2. The Balaban J connectivity index is 1.85. The summed E-state index contributed by atoms with van der Waals surface area (Å²) in [5.74, 6) is 0. The lowest BCUT2D eigenvalue weighted by molar-refractivity contribution is -0.939. The van der Waals surface area contributed by atoms with Crippen LogP contribution in [0.4, 0.5) is 0 Å². The quantitative estimate of drug-likeness (QED) is 0.821. The van der Waals surface area contributed by atoms with Gasteiger partial charge in [-0.1, -0.05) is 38.1 Å². The molecule has 1 aliphatic rings. The first kappa shape index (κ1) is 19.1. The zero-order valence-electron chi connectivity index (χ0n) is 16.1. The molecule has 1 N–H and O–H groups in total. The minimum atomic E-state index is -3.49. The fraction of sp³-hybridized carbons (Fsp3) is 0.526. The molecule has 26 heavy (non-hydrogen) atoms. The molecular weight excluding hydrogens is 348 g/mol. The lowest BCUT2D eigenvalue weighted by Gasteiger charge is -2.26. The molecule has 0 saturated heterocycles. The highest BCUT2D eigenvalue weighted by Crippen LogP contribution is 2.23. The second-order valence-electron chi connectivity index (χ2n) is 6.94. The van der Waals surface area contributed by atoms with E-state index in [1.807, 2.05) is 25.5 Å². The van der Waals surface area contributed by atoms with Crippen LogP contribution in [0.25, 0.3) is 0 Å². The van der Waals surface area contributed by atoms with Crippen molar-refractivity contribution in [2.45, 2.75) is 52.2 Å². The molecule has 3 rings (SSSR count). The van der Waals surface area contributed by atoms with E-state index in [0.29, 0.717) is 30.3 Å². The van der Waals surface area contributed by atoms with E-state index in [1.165, 1.54) is 20.3 Å². The predicted octanol–water partition coefficient (Wildman–Crippen LogP) is 1.13. The second-order valence-corrected chi connectivity index (χ2v) is 8.82. The summed E-state index contributed by atoms with van der Waals surface area (Å²) in [5, 5.41) is 4.57. The number of benzene rings is 1. The summed E-state index contributed by atoms with van der Waals surface area (Å²) in [5.41, 5.74) is 4.13. The SMILES string of the molecule is CCN(CC)S(=O)(=O)c1c(C)nn(C[NH+]2CCc3ccccc3C2)c1C. The molecule has 2 aromatic rings. The van der Waals surface area contributed by atoms with E-state index in [1.54, 1.807) is 6.92 Å². The number of aryl methyl sites for hydroxylation is 1. The maximum absolute atomic E-state index is 13.0. The van der Waals surface area contributed by atoms with Crippen molar-refractivity contribution in [3.63, 3.8) is 0 Å². The fourth-order valence-corrected chi connectivity index (χ4v) is 5.72. The lowest BCUT2D eigenvalue weighted by Crippen LogP contribution is -3.11. The van der Waals surface area contributed by atoms with E-state index >= 15 is 0 Å². The van der Waals surface area contributed by atoms with Crippen LogP contribution in [0.1, 0.15) is 36.4 Å². The van der Waals surface area contributed by atoms with Gasteiger partial charge in [-0.15, -0.1) is 0 Å². The molecule has 0 amide bonds. The van der Waals surface area contributed by atoms with Gasteiger partial charge in [0.05, 0.1) is 17.9 Å². The molecule has 1 unspecified atom stereocenters. The number of nitrogens with one attached hydrogen (secondary N) is 1. The van der Waals surface area contributed by atoms with Crippen molar-refractivity contribution in [1.82, 2.24) is 14.1 Å². The Kier molecular flexibility index (Phi) is 5.50. The molecule has 1 aromatic carbocycles. The van der Waals surface area contributed by atoms with Gasteiger partial charge in [-0.2, -0.15) is 9.40 Å². The van der Waals surface area contributed by atoms with Crippen molar-refractivity contribution >= 4 is 10.0 Å². The van der Waals surface area contributed by atoms with E-state index in [0.717, 1.165) is 25.2 Å². The number of nitrogens with zero attached hydrogens (tertiary/aromatic N) is 3. The molecule has 6 nitrogen and oxygen atoms in total. The summed E-state index contributed by atoms with van der Waals surface area (Å²) >= 11 is 0. The van der Waals surface area contributed by atoms with Crippen LogP contribution in [-0.2, 0) is 29.7 Å². The summed E-state index contributed by atoms with van der Waals surface area (Å²) in [6.07, 6.45) is 1.05. The molecule has 1 aromatic heterocycles. The van der Waals surface area contributed by atoms with E-state index < -0.39 is 10.0 Å². The molecule has 0 radical (unpaired) electrons. The average Bonchev–Trinajstić information content (AvgIpc) is 2.89. The lowest BCUT2D eigenvalue weighted by atomic mass is 10.0. The van der Waals surface area contributed by atoms with Gasteiger partial charge in [0.1, 0.15) is 11.4 Å². The van der Waals surface area contributed by atoms with Crippen molar-refractivity contribution in [1.29, 1.82) is 0 Å². The van der Waals surface area contributed by atoms with Crippen LogP contribution in [-0.4, -0.2) is 42.1 Å². The summed E-state index contributed by atoms with van der Waals surface area (Å²) < 4.78 is 29.3. The van der Waals surface area contributed by atoms with E-state index in [9.17, 15) is 8.42 Å². The molecule has 2 heterocycles. The second kappa shape index (κ2) is 7.50. The van der Waals surface area contributed by atoms with Crippen molar-refractivity contribution in [2.24, 2.45) is 0 Å². The molecule has 0 fully saturated rings. The van der Waals surface area contributed by atoms with Crippen LogP contribution in [0.15, 0.2) is 29.2 Å². The highest BCUT2D eigenvalue weighted by Gasteiger charge is 2.30. The summed E-state index contributed by atoms with van der Waals surface area (Å²) in [6, 6.07) is 8.56. The number of hydrogen-bond acceptors (Lipinski definition) is 3. The third kappa shape index (κ3) is 3.43. The van der Waals surface area contributed by atoms with Gasteiger partial charge < -0.3 is 4.90 Å². The zero-order valence-corrected chi connectivity index (χ0v) is 16.9. The smallest absolute Gasteiger partial charge is 0.246 e. The van der Waals surface area contributed by atoms with E-state index in [4.69, 9.17) is 0 Å². The molecule has 0 saturated carbocycles.